The number of rotatable bonds is 7. The van der Waals surface area contributed by atoms with Crippen molar-refractivity contribution in [2.45, 2.75) is 13.5 Å². The first-order valence-corrected chi connectivity index (χ1v) is 6.95. The molecule has 0 saturated carbocycles. The largest absolute Gasteiger partial charge is 0.494 e. The Hall–Kier alpha value is -2.08. The predicted molar refractivity (Wildman–Crippen MR) is 81.0 cm³/mol. The number of ether oxygens (including phenoxy) is 1. The molecule has 0 aliphatic rings. The highest BCUT2D eigenvalue weighted by molar-refractivity contribution is 6.35. The van der Waals surface area contributed by atoms with Gasteiger partial charge in [-0.2, -0.15) is 0 Å². The minimum absolute atomic E-state index is 0.312. The molecule has 1 aromatic rings. The lowest BCUT2D eigenvalue weighted by molar-refractivity contribution is -0.139. The number of nitrogens with zero attached hydrogens (tertiary/aromatic N) is 1. The van der Waals surface area contributed by atoms with Gasteiger partial charge in [-0.05, 0) is 38.7 Å². The lowest BCUT2D eigenvalue weighted by Gasteiger charge is -2.10. The van der Waals surface area contributed by atoms with Crippen molar-refractivity contribution in [3.05, 3.63) is 29.8 Å². The molecule has 0 saturated heterocycles. The van der Waals surface area contributed by atoms with Gasteiger partial charge in [0, 0.05) is 19.6 Å². The van der Waals surface area contributed by atoms with Gasteiger partial charge < -0.3 is 20.3 Å². The summed E-state index contributed by atoms with van der Waals surface area (Å²) in [5.74, 6) is -0.445. The molecule has 0 radical (unpaired) electrons. The maximum absolute atomic E-state index is 11.6. The van der Waals surface area contributed by atoms with Crippen LogP contribution in [0.1, 0.15) is 12.5 Å². The van der Waals surface area contributed by atoms with E-state index in [-0.39, 0.29) is 0 Å². The first kappa shape index (κ1) is 17.0. The average Bonchev–Trinajstić information content (AvgIpc) is 2.46. The molecule has 2 amide bonds. The number of nitrogens with one attached hydrogen (secondary N) is 2. The van der Waals surface area contributed by atoms with Crippen LogP contribution in [-0.2, 0) is 16.1 Å². The molecule has 0 unspecified atom stereocenters. The van der Waals surface area contributed by atoms with Crippen LogP contribution < -0.4 is 15.4 Å². The SMILES string of the molecule is CCOc1ccc(CNC(=O)C(=O)NCCN(C)C)cc1. The molecule has 116 valence electrons. The van der Waals surface area contributed by atoms with Crippen LogP contribution >= 0.6 is 0 Å². The highest BCUT2D eigenvalue weighted by atomic mass is 16.5. The normalized spacial score (nSPS) is 10.3. The number of amides is 2. The molecule has 0 atom stereocenters. The van der Waals surface area contributed by atoms with E-state index in [1.807, 2.05) is 50.2 Å². The Morgan fingerprint density at radius 1 is 1.10 bits per heavy atom. The number of likely N-dealkylation sites (N-methyl/N-ethyl adjacent to an activating group) is 1. The Labute approximate surface area is 125 Å². The van der Waals surface area contributed by atoms with Gasteiger partial charge in [-0.3, -0.25) is 9.59 Å². The van der Waals surface area contributed by atoms with Crippen molar-refractivity contribution in [2.75, 3.05) is 33.8 Å². The van der Waals surface area contributed by atoms with E-state index < -0.39 is 11.8 Å². The Kier molecular flexibility index (Phi) is 7.25. The van der Waals surface area contributed by atoms with Crippen LogP contribution in [0.2, 0.25) is 0 Å². The van der Waals surface area contributed by atoms with Crippen LogP contribution in [0, 0.1) is 0 Å². The van der Waals surface area contributed by atoms with E-state index in [4.69, 9.17) is 4.74 Å². The van der Waals surface area contributed by atoms with Gasteiger partial charge in [0.15, 0.2) is 0 Å². The molecule has 6 heteroatoms. The summed E-state index contributed by atoms with van der Waals surface area (Å²) < 4.78 is 5.33. The molecular weight excluding hydrogens is 270 g/mol. The smallest absolute Gasteiger partial charge is 0.309 e. The van der Waals surface area contributed by atoms with Gasteiger partial charge in [-0.25, -0.2) is 0 Å². The molecule has 2 N–H and O–H groups in total. The summed E-state index contributed by atoms with van der Waals surface area (Å²) in [4.78, 5) is 25.1. The molecule has 6 nitrogen and oxygen atoms in total. The number of hydrogen-bond donors (Lipinski definition) is 2. The molecule has 1 rings (SSSR count). The van der Waals surface area contributed by atoms with Crippen molar-refractivity contribution < 1.29 is 14.3 Å². The molecular formula is C15H23N3O3. The minimum atomic E-state index is -0.623. The van der Waals surface area contributed by atoms with Gasteiger partial charge in [-0.15, -0.1) is 0 Å². The van der Waals surface area contributed by atoms with Gasteiger partial charge in [0.1, 0.15) is 5.75 Å². The molecule has 0 heterocycles. The van der Waals surface area contributed by atoms with E-state index in [2.05, 4.69) is 10.6 Å². The summed E-state index contributed by atoms with van der Waals surface area (Å²) in [6, 6.07) is 7.38. The van der Waals surface area contributed by atoms with Crippen LogP contribution in [0.3, 0.4) is 0 Å². The monoisotopic (exact) mass is 293 g/mol. The number of hydrogen-bond acceptors (Lipinski definition) is 4. The second-order valence-electron chi connectivity index (χ2n) is 4.82. The van der Waals surface area contributed by atoms with Crippen molar-refractivity contribution in [2.24, 2.45) is 0 Å². The number of carbonyl (C=O) groups excluding carboxylic acids is 2. The Morgan fingerprint density at radius 2 is 1.71 bits per heavy atom. The molecule has 0 fully saturated rings. The van der Waals surface area contributed by atoms with Crippen molar-refractivity contribution in [1.82, 2.24) is 15.5 Å². The molecule has 0 bridgehead atoms. The number of benzene rings is 1. The standard InChI is InChI=1S/C15H23N3O3/c1-4-21-13-7-5-12(6-8-13)11-17-15(20)14(19)16-9-10-18(2)3/h5-8H,4,9-11H2,1-3H3,(H,16,19)(H,17,20). The summed E-state index contributed by atoms with van der Waals surface area (Å²) in [6.45, 7) is 3.98. The third-order valence-electron chi connectivity index (χ3n) is 2.74. The van der Waals surface area contributed by atoms with Gasteiger partial charge in [0.05, 0.1) is 6.61 Å². The third-order valence-corrected chi connectivity index (χ3v) is 2.74. The average molecular weight is 293 g/mol. The van der Waals surface area contributed by atoms with Gasteiger partial charge in [0.25, 0.3) is 0 Å². The van der Waals surface area contributed by atoms with E-state index in [9.17, 15) is 9.59 Å². The Balaban J connectivity index is 2.33. The molecule has 0 aromatic heterocycles. The zero-order valence-electron chi connectivity index (χ0n) is 12.8. The van der Waals surface area contributed by atoms with E-state index in [0.717, 1.165) is 11.3 Å². The molecule has 0 aliphatic heterocycles. The highest BCUT2D eigenvalue weighted by Crippen LogP contribution is 2.11. The third kappa shape index (κ3) is 6.76. The van der Waals surface area contributed by atoms with E-state index in [1.54, 1.807) is 0 Å². The van der Waals surface area contributed by atoms with Crippen molar-refractivity contribution in [3.8, 4) is 5.75 Å². The molecule has 0 aliphatic carbocycles. The zero-order valence-corrected chi connectivity index (χ0v) is 12.8. The van der Waals surface area contributed by atoms with Crippen LogP contribution in [0.4, 0.5) is 0 Å². The van der Waals surface area contributed by atoms with Crippen LogP contribution in [0.5, 0.6) is 5.75 Å². The van der Waals surface area contributed by atoms with Crippen molar-refractivity contribution in [1.29, 1.82) is 0 Å². The summed E-state index contributed by atoms with van der Waals surface area (Å²) in [5.41, 5.74) is 0.910. The second kappa shape index (κ2) is 8.97. The lowest BCUT2D eigenvalue weighted by atomic mass is 10.2. The fraction of sp³-hybridized carbons (Fsp3) is 0.467. The Bertz CT molecular complexity index is 458. The summed E-state index contributed by atoms with van der Waals surface area (Å²) in [7, 11) is 3.80. The summed E-state index contributed by atoms with van der Waals surface area (Å²) >= 11 is 0. The molecule has 0 spiro atoms. The quantitative estimate of drug-likeness (QED) is 0.713. The first-order valence-electron chi connectivity index (χ1n) is 6.95. The topological polar surface area (TPSA) is 70.7 Å². The fourth-order valence-electron chi connectivity index (χ4n) is 1.61. The van der Waals surface area contributed by atoms with E-state index in [0.29, 0.717) is 26.2 Å². The van der Waals surface area contributed by atoms with Crippen LogP contribution in [0.25, 0.3) is 0 Å². The fourth-order valence-corrected chi connectivity index (χ4v) is 1.61. The minimum Gasteiger partial charge on any atom is -0.494 e. The predicted octanol–water partition coefficient (Wildman–Crippen LogP) is 0.379. The highest BCUT2D eigenvalue weighted by Gasteiger charge is 2.12. The van der Waals surface area contributed by atoms with Crippen molar-refractivity contribution in [3.63, 3.8) is 0 Å². The van der Waals surface area contributed by atoms with Crippen LogP contribution in [-0.4, -0.2) is 50.5 Å². The zero-order chi connectivity index (χ0) is 15.7. The first-order chi connectivity index (χ1) is 10.0. The van der Waals surface area contributed by atoms with Gasteiger partial charge >= 0.3 is 11.8 Å². The summed E-state index contributed by atoms with van der Waals surface area (Å²) in [6.07, 6.45) is 0. The maximum Gasteiger partial charge on any atom is 0.309 e. The number of carbonyl (C=O) groups is 2. The summed E-state index contributed by atoms with van der Waals surface area (Å²) in [5, 5.41) is 5.15. The lowest BCUT2D eigenvalue weighted by Crippen LogP contribution is -2.41. The van der Waals surface area contributed by atoms with Gasteiger partial charge in [-0.1, -0.05) is 12.1 Å². The van der Waals surface area contributed by atoms with E-state index >= 15 is 0 Å². The molecule has 21 heavy (non-hydrogen) atoms. The van der Waals surface area contributed by atoms with E-state index in [1.165, 1.54) is 0 Å². The second-order valence-corrected chi connectivity index (χ2v) is 4.82. The molecule has 1 aromatic carbocycles. The maximum atomic E-state index is 11.6. The van der Waals surface area contributed by atoms with Crippen molar-refractivity contribution >= 4 is 11.8 Å². The van der Waals surface area contributed by atoms with Crippen LogP contribution in [0.15, 0.2) is 24.3 Å². The van der Waals surface area contributed by atoms with Gasteiger partial charge in [0.2, 0.25) is 0 Å². The Morgan fingerprint density at radius 3 is 2.29 bits per heavy atom.